The number of aryl methyl sites for hydroxylation is 1. The van der Waals surface area contributed by atoms with Crippen LogP contribution < -0.4 is 5.32 Å². The van der Waals surface area contributed by atoms with E-state index in [0.29, 0.717) is 0 Å². The fraction of sp³-hybridized carbons (Fsp3) is 0.0667. The Hall–Kier alpha value is -2.97. The molecule has 0 aliphatic heterocycles. The molecule has 0 aliphatic carbocycles. The number of carbonyl (C=O) groups is 2. The van der Waals surface area contributed by atoms with Gasteiger partial charge in [0.25, 0.3) is 5.91 Å². The van der Waals surface area contributed by atoms with Gasteiger partial charge in [0.05, 0.1) is 5.56 Å². The molecule has 0 fully saturated rings. The molecule has 9 heteroatoms. The van der Waals surface area contributed by atoms with Gasteiger partial charge < -0.3 is 10.4 Å². The molecule has 24 heavy (non-hydrogen) atoms. The lowest BCUT2D eigenvalue weighted by atomic mass is 10.1. The monoisotopic (exact) mass is 345 g/mol. The van der Waals surface area contributed by atoms with Crippen LogP contribution in [0.3, 0.4) is 0 Å². The minimum absolute atomic E-state index is 0.0473. The zero-order valence-electron chi connectivity index (χ0n) is 11.9. The largest absolute Gasteiger partial charge is 0.478 e. The van der Waals surface area contributed by atoms with Gasteiger partial charge in [0, 0.05) is 5.69 Å². The molecular formula is C15H8F5NO3. The maximum absolute atomic E-state index is 13.6. The molecule has 0 radical (unpaired) electrons. The zero-order valence-corrected chi connectivity index (χ0v) is 11.9. The fourth-order valence-electron chi connectivity index (χ4n) is 1.93. The van der Waals surface area contributed by atoms with Crippen molar-refractivity contribution in [2.75, 3.05) is 5.32 Å². The van der Waals surface area contributed by atoms with Crippen LogP contribution in [0, 0.1) is 36.0 Å². The molecule has 2 aromatic carbocycles. The second kappa shape index (κ2) is 6.26. The van der Waals surface area contributed by atoms with Gasteiger partial charge in [-0.15, -0.1) is 0 Å². The Labute approximate surface area is 131 Å². The van der Waals surface area contributed by atoms with Gasteiger partial charge in [-0.05, 0) is 30.7 Å². The summed E-state index contributed by atoms with van der Waals surface area (Å²) in [5, 5.41) is 10.8. The van der Waals surface area contributed by atoms with E-state index in [4.69, 9.17) is 5.11 Å². The van der Waals surface area contributed by atoms with Gasteiger partial charge in [-0.25, -0.2) is 26.7 Å². The van der Waals surface area contributed by atoms with Gasteiger partial charge >= 0.3 is 5.97 Å². The summed E-state index contributed by atoms with van der Waals surface area (Å²) in [6, 6.07) is 3.39. The highest BCUT2D eigenvalue weighted by molar-refractivity contribution is 6.05. The number of carboxylic acids is 1. The topological polar surface area (TPSA) is 66.4 Å². The van der Waals surface area contributed by atoms with Crippen LogP contribution in [0.5, 0.6) is 0 Å². The Morgan fingerprint density at radius 1 is 0.917 bits per heavy atom. The quantitative estimate of drug-likeness (QED) is 0.507. The van der Waals surface area contributed by atoms with E-state index in [-0.39, 0.29) is 16.8 Å². The minimum Gasteiger partial charge on any atom is -0.478 e. The lowest BCUT2D eigenvalue weighted by Crippen LogP contribution is -2.20. The second-order valence-electron chi connectivity index (χ2n) is 4.73. The van der Waals surface area contributed by atoms with Crippen molar-refractivity contribution in [3.8, 4) is 0 Å². The van der Waals surface area contributed by atoms with Crippen molar-refractivity contribution >= 4 is 17.6 Å². The first-order valence-corrected chi connectivity index (χ1v) is 6.31. The third-order valence-corrected chi connectivity index (χ3v) is 3.16. The van der Waals surface area contributed by atoms with E-state index in [9.17, 15) is 31.5 Å². The van der Waals surface area contributed by atoms with Crippen LogP contribution in [-0.2, 0) is 0 Å². The number of benzene rings is 2. The van der Waals surface area contributed by atoms with Crippen LogP contribution in [0.25, 0.3) is 0 Å². The minimum atomic E-state index is -2.37. The number of aromatic carboxylic acids is 1. The SMILES string of the molecule is Cc1cc(C(=O)O)ccc1NC(=O)c1c(F)c(F)c(F)c(F)c1F. The Morgan fingerprint density at radius 3 is 1.88 bits per heavy atom. The third kappa shape index (κ3) is 2.92. The maximum atomic E-state index is 13.6. The Balaban J connectivity index is 2.43. The molecule has 0 bridgehead atoms. The highest BCUT2D eigenvalue weighted by atomic mass is 19.2. The average molecular weight is 345 g/mol. The third-order valence-electron chi connectivity index (χ3n) is 3.16. The number of amides is 1. The second-order valence-corrected chi connectivity index (χ2v) is 4.73. The number of halogens is 5. The first-order valence-electron chi connectivity index (χ1n) is 6.31. The summed E-state index contributed by atoms with van der Waals surface area (Å²) in [7, 11) is 0. The van der Waals surface area contributed by atoms with Gasteiger partial charge in [0.2, 0.25) is 5.82 Å². The number of hydrogen-bond donors (Lipinski definition) is 2. The summed E-state index contributed by atoms with van der Waals surface area (Å²) in [5.41, 5.74) is -1.57. The normalized spacial score (nSPS) is 10.6. The van der Waals surface area contributed by atoms with Gasteiger partial charge in [-0.1, -0.05) is 0 Å². The predicted octanol–water partition coefficient (Wildman–Crippen LogP) is 3.64. The van der Waals surface area contributed by atoms with Crippen LogP contribution in [0.1, 0.15) is 26.3 Å². The van der Waals surface area contributed by atoms with E-state index in [1.807, 2.05) is 5.32 Å². The molecule has 0 aliphatic rings. The standard InChI is InChI=1S/C15H8F5NO3/c1-5-4-6(15(23)24)2-3-7(5)21-14(22)8-9(16)11(18)13(20)12(19)10(8)17/h2-4H,1H3,(H,21,22)(H,23,24). The first kappa shape index (κ1) is 17.4. The summed E-state index contributed by atoms with van der Waals surface area (Å²) in [4.78, 5) is 22.7. The Morgan fingerprint density at radius 2 is 1.42 bits per heavy atom. The molecule has 0 spiro atoms. The number of carbonyl (C=O) groups excluding carboxylic acids is 1. The zero-order chi connectivity index (χ0) is 18.2. The molecule has 0 atom stereocenters. The van der Waals surface area contributed by atoms with Crippen molar-refractivity contribution in [3.05, 3.63) is 64.0 Å². The smallest absolute Gasteiger partial charge is 0.335 e. The predicted molar refractivity (Wildman–Crippen MR) is 72.3 cm³/mol. The van der Waals surface area contributed by atoms with E-state index in [1.54, 1.807) is 0 Å². The Bertz CT molecular complexity index is 838. The molecular weight excluding hydrogens is 337 g/mol. The number of anilines is 1. The molecule has 0 saturated heterocycles. The molecule has 0 unspecified atom stereocenters. The van der Waals surface area contributed by atoms with Crippen molar-refractivity contribution in [2.45, 2.75) is 6.92 Å². The van der Waals surface area contributed by atoms with Crippen molar-refractivity contribution in [3.63, 3.8) is 0 Å². The first-order chi connectivity index (χ1) is 11.1. The molecule has 0 saturated carbocycles. The van der Waals surface area contributed by atoms with Gasteiger partial charge in [0.1, 0.15) is 5.56 Å². The van der Waals surface area contributed by atoms with E-state index < -0.39 is 46.5 Å². The van der Waals surface area contributed by atoms with Crippen molar-refractivity contribution in [1.82, 2.24) is 0 Å². The summed E-state index contributed by atoms with van der Waals surface area (Å²) >= 11 is 0. The van der Waals surface area contributed by atoms with Crippen LogP contribution in [-0.4, -0.2) is 17.0 Å². The molecule has 126 valence electrons. The Kier molecular flexibility index (Phi) is 4.54. The highest BCUT2D eigenvalue weighted by Crippen LogP contribution is 2.25. The van der Waals surface area contributed by atoms with Gasteiger partial charge in [0.15, 0.2) is 23.3 Å². The number of carboxylic acid groups (broad SMARTS) is 1. The molecule has 4 nitrogen and oxygen atoms in total. The summed E-state index contributed by atoms with van der Waals surface area (Å²) in [6.45, 7) is 1.39. The van der Waals surface area contributed by atoms with Crippen LogP contribution in [0.2, 0.25) is 0 Å². The molecule has 0 heterocycles. The average Bonchev–Trinajstić information content (AvgIpc) is 2.53. The van der Waals surface area contributed by atoms with Crippen LogP contribution in [0.4, 0.5) is 27.6 Å². The molecule has 0 aromatic heterocycles. The van der Waals surface area contributed by atoms with Gasteiger partial charge in [-0.3, -0.25) is 4.79 Å². The van der Waals surface area contributed by atoms with E-state index in [2.05, 4.69) is 0 Å². The fourth-order valence-corrected chi connectivity index (χ4v) is 1.93. The summed E-state index contributed by atoms with van der Waals surface area (Å²) in [5.74, 6) is -14.2. The maximum Gasteiger partial charge on any atom is 0.335 e. The van der Waals surface area contributed by atoms with E-state index in [1.165, 1.54) is 6.92 Å². The van der Waals surface area contributed by atoms with E-state index >= 15 is 0 Å². The van der Waals surface area contributed by atoms with Crippen LogP contribution >= 0.6 is 0 Å². The number of rotatable bonds is 3. The van der Waals surface area contributed by atoms with Gasteiger partial charge in [-0.2, -0.15) is 0 Å². The van der Waals surface area contributed by atoms with Crippen molar-refractivity contribution in [2.24, 2.45) is 0 Å². The molecule has 2 aromatic rings. The van der Waals surface area contributed by atoms with Crippen molar-refractivity contribution in [1.29, 1.82) is 0 Å². The molecule has 1 amide bonds. The lowest BCUT2D eigenvalue weighted by molar-refractivity contribution is 0.0696. The highest BCUT2D eigenvalue weighted by Gasteiger charge is 2.29. The van der Waals surface area contributed by atoms with E-state index in [0.717, 1.165) is 18.2 Å². The lowest BCUT2D eigenvalue weighted by Gasteiger charge is -2.11. The molecule has 2 N–H and O–H groups in total. The number of nitrogens with one attached hydrogen (secondary N) is 1. The van der Waals surface area contributed by atoms with Crippen LogP contribution in [0.15, 0.2) is 18.2 Å². The summed E-state index contributed by atoms with van der Waals surface area (Å²) in [6.07, 6.45) is 0. The molecule has 2 rings (SSSR count). The summed E-state index contributed by atoms with van der Waals surface area (Å²) < 4.78 is 66.3. The van der Waals surface area contributed by atoms with Crippen molar-refractivity contribution < 1.29 is 36.6 Å². The number of hydrogen-bond acceptors (Lipinski definition) is 2.